The van der Waals surface area contributed by atoms with Crippen molar-refractivity contribution < 1.29 is 14.0 Å². The largest absolute Gasteiger partial charge is 0.467 e. The first-order valence-corrected chi connectivity index (χ1v) is 10.4. The summed E-state index contributed by atoms with van der Waals surface area (Å²) in [4.78, 5) is 30.0. The number of aromatic nitrogens is 2. The molecule has 0 radical (unpaired) electrons. The molecule has 0 aliphatic carbocycles. The van der Waals surface area contributed by atoms with E-state index in [-0.39, 0.29) is 24.9 Å². The van der Waals surface area contributed by atoms with Crippen molar-refractivity contribution in [2.45, 2.75) is 17.2 Å². The van der Waals surface area contributed by atoms with Gasteiger partial charge in [-0.15, -0.1) is 11.8 Å². The van der Waals surface area contributed by atoms with Crippen LogP contribution >= 0.6 is 11.8 Å². The fraction of sp³-hybridized carbons (Fsp3) is 0.136. The molecule has 0 saturated carbocycles. The van der Waals surface area contributed by atoms with Crippen LogP contribution in [0.3, 0.4) is 0 Å². The highest BCUT2D eigenvalue weighted by molar-refractivity contribution is 7.98. The Balaban J connectivity index is 1.33. The van der Waals surface area contributed by atoms with Crippen molar-refractivity contribution in [3.8, 4) is 0 Å². The van der Waals surface area contributed by atoms with Crippen LogP contribution in [0.4, 0.5) is 0 Å². The summed E-state index contributed by atoms with van der Waals surface area (Å²) in [7, 11) is 0. The van der Waals surface area contributed by atoms with Crippen molar-refractivity contribution in [1.82, 2.24) is 20.0 Å². The van der Waals surface area contributed by atoms with Crippen molar-refractivity contribution in [3.05, 3.63) is 90.3 Å². The molecule has 0 unspecified atom stereocenters. The normalized spacial score (nSPS) is 10.8. The van der Waals surface area contributed by atoms with Gasteiger partial charge in [0.25, 0.3) is 5.91 Å². The Kier molecular flexibility index (Phi) is 6.14. The number of hydrogen-bond acceptors (Lipinski definition) is 5. The van der Waals surface area contributed by atoms with E-state index in [1.165, 1.54) is 11.8 Å². The van der Waals surface area contributed by atoms with E-state index in [4.69, 9.17) is 4.42 Å². The Bertz CT molecular complexity index is 1120. The molecule has 2 amide bonds. The topological polar surface area (TPSA) is 88.6 Å². The minimum Gasteiger partial charge on any atom is -0.467 e. The van der Waals surface area contributed by atoms with E-state index in [1.807, 2.05) is 47.1 Å². The van der Waals surface area contributed by atoms with Crippen LogP contribution in [-0.2, 0) is 17.1 Å². The number of amides is 2. The molecule has 2 N–H and O–H groups in total. The van der Waals surface area contributed by atoms with E-state index in [1.54, 1.807) is 30.5 Å². The van der Waals surface area contributed by atoms with Gasteiger partial charge in [0.1, 0.15) is 11.4 Å². The van der Waals surface area contributed by atoms with Crippen LogP contribution < -0.4 is 10.6 Å². The number of furan rings is 1. The number of nitrogens with zero attached hydrogens (tertiary/aromatic N) is 2. The smallest absolute Gasteiger partial charge is 0.252 e. The Morgan fingerprint density at radius 2 is 1.90 bits per heavy atom. The lowest BCUT2D eigenvalue weighted by Crippen LogP contribution is -2.36. The van der Waals surface area contributed by atoms with Gasteiger partial charge in [0.2, 0.25) is 5.91 Å². The summed E-state index contributed by atoms with van der Waals surface area (Å²) in [5.74, 6) is 0.717. The first kappa shape index (κ1) is 19.8. The molecule has 0 atom stereocenters. The highest BCUT2D eigenvalue weighted by atomic mass is 32.2. The minimum absolute atomic E-state index is 0.106. The van der Waals surface area contributed by atoms with Crippen molar-refractivity contribution >= 4 is 29.2 Å². The Morgan fingerprint density at radius 3 is 2.73 bits per heavy atom. The van der Waals surface area contributed by atoms with Crippen molar-refractivity contribution in [1.29, 1.82) is 0 Å². The van der Waals surface area contributed by atoms with Crippen LogP contribution in [0.5, 0.6) is 0 Å². The van der Waals surface area contributed by atoms with Gasteiger partial charge in [-0.3, -0.25) is 9.59 Å². The van der Waals surface area contributed by atoms with E-state index < -0.39 is 0 Å². The van der Waals surface area contributed by atoms with Crippen LogP contribution in [-0.4, -0.2) is 27.7 Å². The number of carbonyl (C=O) groups is 2. The third-order valence-corrected chi connectivity index (χ3v) is 5.48. The lowest BCUT2D eigenvalue weighted by atomic mass is 10.2. The fourth-order valence-electron chi connectivity index (χ4n) is 2.91. The van der Waals surface area contributed by atoms with Gasteiger partial charge >= 0.3 is 0 Å². The minimum atomic E-state index is -0.291. The third kappa shape index (κ3) is 4.90. The van der Waals surface area contributed by atoms with Crippen LogP contribution in [0.15, 0.2) is 82.6 Å². The average molecular weight is 420 g/mol. The van der Waals surface area contributed by atoms with Crippen molar-refractivity contribution in [2.75, 3.05) is 6.54 Å². The summed E-state index contributed by atoms with van der Waals surface area (Å²) in [6, 6.07) is 16.7. The molecule has 8 heteroatoms. The standard InChI is InChI=1S/C22H20N4O3S/c27-21(23-12-17-6-5-11-29-17)13-24-22(28)18-7-1-2-8-19(18)30-15-16-14-26-10-4-3-9-20(26)25-16/h1-11,14H,12-13,15H2,(H,23,27)(H,24,28). The molecule has 0 spiro atoms. The first-order valence-electron chi connectivity index (χ1n) is 9.41. The van der Waals surface area contributed by atoms with Gasteiger partial charge in [0.15, 0.2) is 0 Å². The van der Waals surface area contributed by atoms with Gasteiger partial charge in [-0.05, 0) is 36.4 Å². The van der Waals surface area contributed by atoms with E-state index in [2.05, 4.69) is 15.6 Å². The second kappa shape index (κ2) is 9.32. The predicted molar refractivity (Wildman–Crippen MR) is 114 cm³/mol. The number of hydrogen-bond donors (Lipinski definition) is 2. The maximum atomic E-state index is 12.6. The number of carbonyl (C=O) groups excluding carboxylic acids is 2. The molecule has 3 heterocycles. The van der Waals surface area contributed by atoms with Crippen LogP contribution in [0, 0.1) is 0 Å². The van der Waals surface area contributed by atoms with Gasteiger partial charge < -0.3 is 19.5 Å². The second-order valence-corrected chi connectivity index (χ2v) is 7.54. The van der Waals surface area contributed by atoms with Crippen molar-refractivity contribution in [2.24, 2.45) is 0 Å². The van der Waals surface area contributed by atoms with Crippen molar-refractivity contribution in [3.63, 3.8) is 0 Å². The molecule has 0 aliphatic rings. The summed E-state index contributed by atoms with van der Waals surface area (Å²) in [5, 5.41) is 5.38. The quantitative estimate of drug-likeness (QED) is 0.427. The van der Waals surface area contributed by atoms with E-state index in [0.29, 0.717) is 17.1 Å². The molecule has 4 aromatic rings. The maximum absolute atomic E-state index is 12.6. The number of fused-ring (bicyclic) bond motifs is 1. The number of rotatable bonds is 8. The summed E-state index contributed by atoms with van der Waals surface area (Å²) in [5.41, 5.74) is 2.35. The van der Waals surface area contributed by atoms with Gasteiger partial charge in [0, 0.05) is 23.0 Å². The van der Waals surface area contributed by atoms with E-state index >= 15 is 0 Å². The fourth-order valence-corrected chi connectivity index (χ4v) is 3.84. The lowest BCUT2D eigenvalue weighted by Gasteiger charge is -2.09. The molecule has 7 nitrogen and oxygen atoms in total. The van der Waals surface area contributed by atoms with E-state index in [0.717, 1.165) is 16.2 Å². The Morgan fingerprint density at radius 1 is 1.03 bits per heavy atom. The monoisotopic (exact) mass is 420 g/mol. The third-order valence-electron chi connectivity index (χ3n) is 4.37. The molecular formula is C22H20N4O3S. The molecule has 4 rings (SSSR count). The number of nitrogens with one attached hydrogen (secondary N) is 2. The van der Waals surface area contributed by atoms with Gasteiger partial charge in [0.05, 0.1) is 30.6 Å². The summed E-state index contributed by atoms with van der Waals surface area (Å²) >= 11 is 1.54. The van der Waals surface area contributed by atoms with Crippen LogP contribution in [0.2, 0.25) is 0 Å². The van der Waals surface area contributed by atoms with Gasteiger partial charge in [-0.25, -0.2) is 4.98 Å². The second-order valence-electron chi connectivity index (χ2n) is 6.52. The zero-order chi connectivity index (χ0) is 20.8. The molecule has 0 fully saturated rings. The average Bonchev–Trinajstić information content (AvgIpc) is 3.44. The van der Waals surface area contributed by atoms with Gasteiger partial charge in [-0.2, -0.15) is 0 Å². The summed E-state index contributed by atoms with van der Waals surface area (Å²) in [6.07, 6.45) is 5.48. The zero-order valence-corrected chi connectivity index (χ0v) is 16.9. The molecule has 1 aromatic carbocycles. The summed E-state index contributed by atoms with van der Waals surface area (Å²) < 4.78 is 7.13. The zero-order valence-electron chi connectivity index (χ0n) is 16.1. The lowest BCUT2D eigenvalue weighted by molar-refractivity contribution is -0.120. The highest BCUT2D eigenvalue weighted by Crippen LogP contribution is 2.26. The number of imidazole rings is 1. The molecule has 3 aromatic heterocycles. The number of thioether (sulfide) groups is 1. The molecule has 0 bridgehead atoms. The molecule has 30 heavy (non-hydrogen) atoms. The predicted octanol–water partition coefficient (Wildman–Crippen LogP) is 3.27. The molecule has 0 aliphatic heterocycles. The van der Waals surface area contributed by atoms with Crippen LogP contribution in [0.25, 0.3) is 5.65 Å². The van der Waals surface area contributed by atoms with Gasteiger partial charge in [-0.1, -0.05) is 18.2 Å². The summed E-state index contributed by atoms with van der Waals surface area (Å²) in [6.45, 7) is 0.179. The molecule has 0 saturated heterocycles. The Labute approximate surface area is 177 Å². The number of benzene rings is 1. The maximum Gasteiger partial charge on any atom is 0.252 e. The van der Waals surface area contributed by atoms with E-state index in [9.17, 15) is 9.59 Å². The highest BCUT2D eigenvalue weighted by Gasteiger charge is 2.13. The van der Waals surface area contributed by atoms with Crippen LogP contribution in [0.1, 0.15) is 21.8 Å². The number of pyridine rings is 1. The first-order chi connectivity index (χ1) is 14.7. The Hall–Kier alpha value is -3.52. The molecular weight excluding hydrogens is 400 g/mol. The molecule has 152 valence electrons. The SMILES string of the molecule is O=C(CNC(=O)c1ccccc1SCc1cn2ccccc2n1)NCc1ccco1.